The fraction of sp³-hybridized carbons (Fsp3) is 0.222. The van der Waals surface area contributed by atoms with Crippen molar-refractivity contribution in [2.45, 2.75) is 11.8 Å². The molecule has 2 N–H and O–H groups in total. The molecule has 0 fully saturated rings. The number of carbonyl (C=O) groups is 1. The fourth-order valence-electron chi connectivity index (χ4n) is 1.27. The van der Waals surface area contributed by atoms with Gasteiger partial charge in [-0.3, -0.25) is 0 Å². The standard InChI is InChI=1S/C9H10ClNO4S/c1-5-7(9(12)13)3-6(10)4-8(5)16(14,15)11-2/h3-4,11H,1-2H3,(H,12,13). The van der Waals surface area contributed by atoms with Crippen LogP contribution in [0.5, 0.6) is 0 Å². The minimum Gasteiger partial charge on any atom is -0.478 e. The Morgan fingerprint density at radius 2 is 2.00 bits per heavy atom. The van der Waals surface area contributed by atoms with Crippen molar-refractivity contribution < 1.29 is 18.3 Å². The molecule has 0 saturated heterocycles. The van der Waals surface area contributed by atoms with Gasteiger partial charge in [-0.25, -0.2) is 17.9 Å². The predicted octanol–water partition coefficient (Wildman–Crippen LogP) is 1.25. The Kier molecular flexibility index (Phi) is 3.57. The zero-order valence-corrected chi connectivity index (χ0v) is 10.2. The minimum absolute atomic E-state index is 0.0665. The van der Waals surface area contributed by atoms with E-state index in [4.69, 9.17) is 16.7 Å². The van der Waals surface area contributed by atoms with Crippen LogP contribution in [-0.2, 0) is 10.0 Å². The molecule has 0 aliphatic carbocycles. The second kappa shape index (κ2) is 4.40. The Hall–Kier alpha value is -1.11. The summed E-state index contributed by atoms with van der Waals surface area (Å²) in [6.45, 7) is 1.42. The molecule has 0 aliphatic heterocycles. The molecule has 16 heavy (non-hydrogen) atoms. The van der Waals surface area contributed by atoms with Gasteiger partial charge in [0.15, 0.2) is 0 Å². The van der Waals surface area contributed by atoms with E-state index in [1.54, 1.807) is 0 Å². The van der Waals surface area contributed by atoms with Gasteiger partial charge in [0.05, 0.1) is 10.5 Å². The minimum atomic E-state index is -3.71. The number of carboxylic acids is 1. The average Bonchev–Trinajstić information content (AvgIpc) is 2.20. The van der Waals surface area contributed by atoms with E-state index in [0.717, 1.165) is 0 Å². The van der Waals surface area contributed by atoms with Crippen molar-refractivity contribution >= 4 is 27.6 Å². The van der Waals surface area contributed by atoms with Crippen molar-refractivity contribution in [3.05, 3.63) is 28.3 Å². The van der Waals surface area contributed by atoms with Crippen molar-refractivity contribution in [3.8, 4) is 0 Å². The van der Waals surface area contributed by atoms with Gasteiger partial charge in [0.2, 0.25) is 10.0 Å². The Morgan fingerprint density at radius 3 is 2.44 bits per heavy atom. The van der Waals surface area contributed by atoms with Crippen molar-refractivity contribution in [2.75, 3.05) is 7.05 Å². The van der Waals surface area contributed by atoms with Crippen LogP contribution in [0.3, 0.4) is 0 Å². The van der Waals surface area contributed by atoms with Gasteiger partial charge in [0.25, 0.3) is 0 Å². The summed E-state index contributed by atoms with van der Waals surface area (Å²) >= 11 is 5.67. The van der Waals surface area contributed by atoms with E-state index >= 15 is 0 Å². The monoisotopic (exact) mass is 263 g/mol. The molecule has 88 valence electrons. The first-order valence-electron chi connectivity index (χ1n) is 4.26. The van der Waals surface area contributed by atoms with Gasteiger partial charge in [0, 0.05) is 5.02 Å². The normalized spacial score (nSPS) is 11.4. The molecule has 0 aliphatic rings. The average molecular weight is 264 g/mol. The summed E-state index contributed by atoms with van der Waals surface area (Å²) in [5.74, 6) is -1.22. The molecule has 7 heteroatoms. The van der Waals surface area contributed by atoms with E-state index in [0.29, 0.717) is 0 Å². The Labute approximate surface area is 98.1 Å². The first-order valence-corrected chi connectivity index (χ1v) is 6.12. The van der Waals surface area contributed by atoms with E-state index in [2.05, 4.69) is 4.72 Å². The van der Waals surface area contributed by atoms with E-state index < -0.39 is 16.0 Å². The highest BCUT2D eigenvalue weighted by Gasteiger charge is 2.20. The third-order valence-electron chi connectivity index (χ3n) is 2.11. The molecule has 1 aromatic carbocycles. The third-order valence-corrected chi connectivity index (χ3v) is 3.87. The van der Waals surface area contributed by atoms with Crippen molar-refractivity contribution in [2.24, 2.45) is 0 Å². The molecule has 0 saturated carbocycles. The molecule has 0 bridgehead atoms. The van der Waals surface area contributed by atoms with Crippen LogP contribution in [0.15, 0.2) is 17.0 Å². The second-order valence-electron chi connectivity index (χ2n) is 3.09. The van der Waals surface area contributed by atoms with Crippen LogP contribution in [0.25, 0.3) is 0 Å². The van der Waals surface area contributed by atoms with Crippen molar-refractivity contribution in [3.63, 3.8) is 0 Å². The number of nitrogens with one attached hydrogen (secondary N) is 1. The number of sulfonamides is 1. The molecular formula is C9H10ClNO4S. The van der Waals surface area contributed by atoms with Crippen LogP contribution in [0.1, 0.15) is 15.9 Å². The zero-order chi connectivity index (χ0) is 12.5. The number of aromatic carboxylic acids is 1. The van der Waals surface area contributed by atoms with Gasteiger partial charge in [-0.1, -0.05) is 11.6 Å². The zero-order valence-electron chi connectivity index (χ0n) is 8.61. The van der Waals surface area contributed by atoms with Crippen molar-refractivity contribution in [1.82, 2.24) is 4.72 Å². The summed E-state index contributed by atoms with van der Waals surface area (Å²) in [4.78, 5) is 10.7. The largest absolute Gasteiger partial charge is 0.478 e. The number of halogens is 1. The molecular weight excluding hydrogens is 254 g/mol. The van der Waals surface area contributed by atoms with Gasteiger partial charge in [-0.15, -0.1) is 0 Å². The summed E-state index contributed by atoms with van der Waals surface area (Å²) in [5, 5.41) is 8.95. The highest BCUT2D eigenvalue weighted by atomic mass is 35.5. The predicted molar refractivity (Wildman–Crippen MR) is 59.4 cm³/mol. The van der Waals surface area contributed by atoms with Gasteiger partial charge in [-0.2, -0.15) is 0 Å². The molecule has 0 aromatic heterocycles. The Balaban J connectivity index is 3.60. The van der Waals surface area contributed by atoms with Gasteiger partial charge < -0.3 is 5.11 Å². The molecule has 0 spiro atoms. The summed E-state index contributed by atoms with van der Waals surface area (Å²) in [5.41, 5.74) is 0.0348. The molecule has 0 radical (unpaired) electrons. The van der Waals surface area contributed by atoms with E-state index in [-0.39, 0.29) is 21.0 Å². The fourth-order valence-corrected chi connectivity index (χ4v) is 2.56. The maximum Gasteiger partial charge on any atom is 0.336 e. The SMILES string of the molecule is CNS(=O)(=O)c1cc(Cl)cc(C(=O)O)c1C. The van der Waals surface area contributed by atoms with E-state index in [1.165, 1.54) is 26.1 Å². The quantitative estimate of drug-likeness (QED) is 0.860. The lowest BCUT2D eigenvalue weighted by atomic mass is 10.1. The van der Waals surface area contributed by atoms with Crippen LogP contribution in [0.2, 0.25) is 5.02 Å². The summed E-state index contributed by atoms with van der Waals surface area (Å²) in [7, 11) is -2.46. The number of hydrogen-bond donors (Lipinski definition) is 2. The molecule has 1 rings (SSSR count). The molecule has 0 heterocycles. The van der Waals surface area contributed by atoms with Gasteiger partial charge >= 0.3 is 5.97 Å². The first-order chi connectivity index (χ1) is 7.29. The maximum absolute atomic E-state index is 11.6. The lowest BCUT2D eigenvalue weighted by Gasteiger charge is -2.09. The van der Waals surface area contributed by atoms with Crippen molar-refractivity contribution in [1.29, 1.82) is 0 Å². The highest BCUT2D eigenvalue weighted by Crippen LogP contribution is 2.24. The highest BCUT2D eigenvalue weighted by molar-refractivity contribution is 7.89. The van der Waals surface area contributed by atoms with Gasteiger partial charge in [-0.05, 0) is 31.7 Å². The number of carboxylic acid groups (broad SMARTS) is 1. The van der Waals surface area contributed by atoms with E-state index in [9.17, 15) is 13.2 Å². The third kappa shape index (κ3) is 2.34. The van der Waals surface area contributed by atoms with Crippen LogP contribution in [0, 0.1) is 6.92 Å². The maximum atomic E-state index is 11.6. The van der Waals surface area contributed by atoms with Gasteiger partial charge in [0.1, 0.15) is 0 Å². The van der Waals surface area contributed by atoms with Crippen LogP contribution < -0.4 is 4.72 Å². The number of rotatable bonds is 3. The molecule has 1 aromatic rings. The Bertz CT molecular complexity index is 539. The first kappa shape index (κ1) is 13.0. The molecule has 0 amide bonds. The summed E-state index contributed by atoms with van der Waals surface area (Å²) in [6, 6.07) is 2.43. The number of hydrogen-bond acceptors (Lipinski definition) is 3. The van der Waals surface area contributed by atoms with Crippen LogP contribution in [-0.4, -0.2) is 26.5 Å². The lowest BCUT2D eigenvalue weighted by Crippen LogP contribution is -2.20. The van der Waals surface area contributed by atoms with Crippen LogP contribution in [0.4, 0.5) is 0 Å². The molecule has 0 unspecified atom stereocenters. The van der Waals surface area contributed by atoms with Crippen LogP contribution >= 0.6 is 11.6 Å². The summed E-state index contributed by atoms with van der Waals surface area (Å²) < 4.78 is 25.3. The topological polar surface area (TPSA) is 83.5 Å². The van der Waals surface area contributed by atoms with E-state index in [1.807, 2.05) is 0 Å². The smallest absolute Gasteiger partial charge is 0.336 e. The number of benzene rings is 1. The molecule has 5 nitrogen and oxygen atoms in total. The summed E-state index contributed by atoms with van der Waals surface area (Å²) in [6.07, 6.45) is 0. The molecule has 0 atom stereocenters. The Morgan fingerprint density at radius 1 is 1.44 bits per heavy atom. The lowest BCUT2D eigenvalue weighted by molar-refractivity contribution is 0.0696. The second-order valence-corrected chi connectivity index (χ2v) is 5.38.